The van der Waals surface area contributed by atoms with Gasteiger partial charge in [-0.25, -0.2) is 0 Å². The Morgan fingerprint density at radius 2 is 2.06 bits per heavy atom. The van der Waals surface area contributed by atoms with Gasteiger partial charge in [-0.2, -0.15) is 0 Å². The number of rotatable bonds is 4. The molecule has 0 aliphatic carbocycles. The second kappa shape index (κ2) is 6.36. The molecule has 0 amide bonds. The van der Waals surface area contributed by atoms with Crippen molar-refractivity contribution in [3.8, 4) is 0 Å². The maximum Gasteiger partial charge on any atom is 0.0401 e. The van der Waals surface area contributed by atoms with E-state index in [1.165, 1.54) is 12.1 Å². The van der Waals surface area contributed by atoms with Gasteiger partial charge in [0, 0.05) is 37.2 Å². The van der Waals surface area contributed by atoms with E-state index in [9.17, 15) is 0 Å². The Morgan fingerprint density at radius 3 is 2.69 bits per heavy atom. The van der Waals surface area contributed by atoms with Gasteiger partial charge >= 0.3 is 0 Å². The first kappa shape index (κ1) is 13.7. The first-order chi connectivity index (χ1) is 7.50. The Kier molecular flexibility index (Phi) is 5.42. The number of piperidine rings is 1. The van der Waals surface area contributed by atoms with Gasteiger partial charge in [-0.1, -0.05) is 6.92 Å². The Hall–Kier alpha value is -0.410. The monoisotopic (exact) mass is 225 g/mol. The van der Waals surface area contributed by atoms with E-state index in [0.29, 0.717) is 12.0 Å². The quantitative estimate of drug-likeness (QED) is 0.679. The maximum absolute atomic E-state index is 4.78. The molecule has 0 spiro atoms. The van der Waals surface area contributed by atoms with Gasteiger partial charge in [0.15, 0.2) is 0 Å². The second-order valence-electron chi connectivity index (χ2n) is 5.42. The zero-order chi connectivity index (χ0) is 12.1. The van der Waals surface area contributed by atoms with Crippen molar-refractivity contribution in [1.29, 1.82) is 0 Å². The van der Waals surface area contributed by atoms with Crippen LogP contribution in [0, 0.1) is 5.92 Å². The molecule has 1 fully saturated rings. The Balaban J connectivity index is 2.37. The molecule has 94 valence electrons. The van der Waals surface area contributed by atoms with Crippen molar-refractivity contribution in [3.63, 3.8) is 0 Å². The summed E-state index contributed by atoms with van der Waals surface area (Å²) in [6.45, 7) is 7.89. The van der Waals surface area contributed by atoms with Crippen molar-refractivity contribution in [2.75, 3.05) is 40.8 Å². The van der Waals surface area contributed by atoms with Gasteiger partial charge in [0.2, 0.25) is 0 Å². The summed E-state index contributed by atoms with van der Waals surface area (Å²) >= 11 is 0. The van der Waals surface area contributed by atoms with Crippen LogP contribution >= 0.6 is 0 Å². The minimum atomic E-state index is 0.639. The lowest BCUT2D eigenvalue weighted by Gasteiger charge is -2.34. The Labute approximate surface area is 101 Å². The van der Waals surface area contributed by atoms with Crippen LogP contribution in [0.3, 0.4) is 0 Å². The molecular weight excluding hydrogens is 198 g/mol. The standard InChI is InChI=1S/C13H27N3/c1-11-10-16(5)12(2)9-13(11)14-7-6-8-15(3)4/h11-12H,6-10H2,1-5H3/t11-,12+/m1/s1. The minimum absolute atomic E-state index is 0.639. The first-order valence-corrected chi connectivity index (χ1v) is 6.39. The highest BCUT2D eigenvalue weighted by molar-refractivity contribution is 5.87. The average Bonchev–Trinajstić information content (AvgIpc) is 2.19. The van der Waals surface area contributed by atoms with Crippen LogP contribution in [0.5, 0.6) is 0 Å². The summed E-state index contributed by atoms with van der Waals surface area (Å²) in [5.41, 5.74) is 1.43. The molecular formula is C13H27N3. The maximum atomic E-state index is 4.78. The lowest BCUT2D eigenvalue weighted by molar-refractivity contribution is 0.225. The third kappa shape index (κ3) is 4.22. The van der Waals surface area contributed by atoms with Gasteiger partial charge in [-0.05, 0) is 41.0 Å². The molecule has 0 aromatic heterocycles. The number of nitrogens with zero attached hydrogens (tertiary/aromatic N) is 3. The van der Waals surface area contributed by atoms with Crippen molar-refractivity contribution in [2.24, 2.45) is 10.9 Å². The van der Waals surface area contributed by atoms with E-state index >= 15 is 0 Å². The molecule has 0 aromatic carbocycles. The number of aliphatic imine (C=N–C) groups is 1. The molecule has 16 heavy (non-hydrogen) atoms. The molecule has 1 heterocycles. The van der Waals surface area contributed by atoms with Gasteiger partial charge in [-0.15, -0.1) is 0 Å². The SMILES string of the molecule is C[C@@H]1CN(C)[C@@H](C)CC1=NCCCN(C)C. The zero-order valence-electron chi connectivity index (χ0n) is 11.5. The lowest BCUT2D eigenvalue weighted by Crippen LogP contribution is -2.43. The Morgan fingerprint density at radius 1 is 1.38 bits per heavy atom. The molecule has 0 bridgehead atoms. The van der Waals surface area contributed by atoms with Crippen LogP contribution in [0.15, 0.2) is 4.99 Å². The zero-order valence-corrected chi connectivity index (χ0v) is 11.5. The summed E-state index contributed by atoms with van der Waals surface area (Å²) in [6, 6.07) is 0.656. The second-order valence-corrected chi connectivity index (χ2v) is 5.42. The summed E-state index contributed by atoms with van der Waals surface area (Å²) in [6.07, 6.45) is 2.33. The lowest BCUT2D eigenvalue weighted by atomic mass is 9.93. The molecule has 1 aliphatic rings. The normalized spacial score (nSPS) is 30.2. The van der Waals surface area contributed by atoms with Crippen LogP contribution in [-0.4, -0.2) is 62.3 Å². The van der Waals surface area contributed by atoms with E-state index in [4.69, 9.17) is 4.99 Å². The van der Waals surface area contributed by atoms with E-state index in [1.807, 2.05) is 0 Å². The third-order valence-corrected chi connectivity index (χ3v) is 3.47. The predicted molar refractivity (Wildman–Crippen MR) is 71.3 cm³/mol. The third-order valence-electron chi connectivity index (χ3n) is 3.47. The van der Waals surface area contributed by atoms with Crippen molar-refractivity contribution in [1.82, 2.24) is 9.80 Å². The molecule has 2 atom stereocenters. The fourth-order valence-electron chi connectivity index (χ4n) is 2.21. The molecule has 0 aromatic rings. The fourth-order valence-corrected chi connectivity index (χ4v) is 2.21. The van der Waals surface area contributed by atoms with Gasteiger partial charge in [0.25, 0.3) is 0 Å². The summed E-state index contributed by atoms with van der Waals surface area (Å²) in [7, 11) is 6.45. The van der Waals surface area contributed by atoms with Crippen LogP contribution in [0.1, 0.15) is 26.7 Å². The van der Waals surface area contributed by atoms with E-state index in [1.54, 1.807) is 0 Å². The predicted octanol–water partition coefficient (Wildman–Crippen LogP) is 1.74. The molecule has 0 unspecified atom stereocenters. The minimum Gasteiger partial charge on any atom is -0.309 e. The highest BCUT2D eigenvalue weighted by Crippen LogP contribution is 2.18. The fraction of sp³-hybridized carbons (Fsp3) is 0.923. The molecule has 1 rings (SSSR count). The molecule has 0 saturated carbocycles. The summed E-state index contributed by atoms with van der Waals surface area (Å²) < 4.78 is 0. The van der Waals surface area contributed by atoms with Gasteiger partial charge < -0.3 is 9.80 Å². The van der Waals surface area contributed by atoms with Gasteiger partial charge in [-0.3, -0.25) is 4.99 Å². The summed E-state index contributed by atoms with van der Waals surface area (Å²) in [5, 5.41) is 0. The summed E-state index contributed by atoms with van der Waals surface area (Å²) in [4.78, 5) is 9.44. The molecule has 1 aliphatic heterocycles. The van der Waals surface area contributed by atoms with Gasteiger partial charge in [0.05, 0.1) is 0 Å². The first-order valence-electron chi connectivity index (χ1n) is 6.39. The van der Waals surface area contributed by atoms with E-state index in [2.05, 4.69) is 44.8 Å². The van der Waals surface area contributed by atoms with Crippen molar-refractivity contribution >= 4 is 5.71 Å². The largest absolute Gasteiger partial charge is 0.309 e. The molecule has 1 saturated heterocycles. The smallest absolute Gasteiger partial charge is 0.0401 e. The van der Waals surface area contributed by atoms with Crippen LogP contribution in [0.2, 0.25) is 0 Å². The highest BCUT2D eigenvalue weighted by atomic mass is 15.1. The van der Waals surface area contributed by atoms with Crippen molar-refractivity contribution in [3.05, 3.63) is 0 Å². The topological polar surface area (TPSA) is 18.8 Å². The number of hydrogen-bond acceptors (Lipinski definition) is 3. The van der Waals surface area contributed by atoms with Crippen molar-refractivity contribution in [2.45, 2.75) is 32.7 Å². The van der Waals surface area contributed by atoms with E-state index in [-0.39, 0.29) is 0 Å². The average molecular weight is 225 g/mol. The van der Waals surface area contributed by atoms with Crippen LogP contribution < -0.4 is 0 Å². The highest BCUT2D eigenvalue weighted by Gasteiger charge is 2.24. The summed E-state index contributed by atoms with van der Waals surface area (Å²) in [5.74, 6) is 0.639. The Bertz CT molecular complexity index is 235. The van der Waals surface area contributed by atoms with Crippen LogP contribution in [0.25, 0.3) is 0 Å². The molecule has 0 N–H and O–H groups in total. The van der Waals surface area contributed by atoms with Crippen LogP contribution in [-0.2, 0) is 0 Å². The van der Waals surface area contributed by atoms with E-state index in [0.717, 1.165) is 26.1 Å². The van der Waals surface area contributed by atoms with Crippen LogP contribution in [0.4, 0.5) is 0 Å². The number of likely N-dealkylation sites (tertiary alicyclic amines) is 1. The van der Waals surface area contributed by atoms with Gasteiger partial charge in [0.1, 0.15) is 0 Å². The van der Waals surface area contributed by atoms with E-state index < -0.39 is 0 Å². The van der Waals surface area contributed by atoms with Crippen molar-refractivity contribution < 1.29 is 0 Å². The molecule has 3 nitrogen and oxygen atoms in total. The molecule has 0 radical (unpaired) electrons. The molecule has 3 heteroatoms. The number of hydrogen-bond donors (Lipinski definition) is 0.